The Bertz CT molecular complexity index is 803. The summed E-state index contributed by atoms with van der Waals surface area (Å²) >= 11 is 15.3. The first-order chi connectivity index (χ1) is 10.2. The van der Waals surface area contributed by atoms with Gasteiger partial charge in [0.05, 0.1) is 14.7 Å². The van der Waals surface area contributed by atoms with E-state index >= 15 is 0 Å². The Morgan fingerprint density at radius 1 is 1.24 bits per heavy atom. The summed E-state index contributed by atoms with van der Waals surface area (Å²) in [4.78, 5) is 0. The van der Waals surface area contributed by atoms with Gasteiger partial charge in [0.15, 0.2) is 0 Å². The van der Waals surface area contributed by atoms with Gasteiger partial charge >= 0.3 is 0 Å². The van der Waals surface area contributed by atoms with Crippen LogP contribution in [0.5, 0.6) is 0 Å². The van der Waals surface area contributed by atoms with E-state index in [0.29, 0.717) is 9.36 Å². The van der Waals surface area contributed by atoms with Crippen molar-refractivity contribution in [3.05, 3.63) is 50.9 Å². The summed E-state index contributed by atoms with van der Waals surface area (Å²) in [5.41, 5.74) is 4.05. The highest BCUT2D eigenvalue weighted by molar-refractivity contribution is 7.99. The highest BCUT2D eigenvalue weighted by Crippen LogP contribution is 2.40. The molecule has 0 fully saturated rings. The Morgan fingerprint density at radius 2 is 2.14 bits per heavy atom. The molecule has 0 saturated carbocycles. The highest BCUT2D eigenvalue weighted by atomic mass is 35.5. The molecule has 0 amide bonds. The van der Waals surface area contributed by atoms with Gasteiger partial charge in [0.25, 0.3) is 0 Å². The number of benzene rings is 1. The van der Waals surface area contributed by atoms with Crippen molar-refractivity contribution in [3.8, 4) is 0 Å². The van der Waals surface area contributed by atoms with Gasteiger partial charge in [-0.3, -0.25) is 3.97 Å². The van der Waals surface area contributed by atoms with E-state index in [1.54, 1.807) is 11.9 Å². The minimum Gasteiger partial charge on any atom is -0.312 e. The van der Waals surface area contributed by atoms with Crippen LogP contribution in [0.3, 0.4) is 0 Å². The lowest BCUT2D eigenvalue weighted by atomic mass is 10.1. The number of nitrogens with one attached hydrogen (secondary N) is 1. The Labute approximate surface area is 141 Å². The van der Waals surface area contributed by atoms with Crippen LogP contribution in [-0.4, -0.2) is 10.5 Å². The minimum atomic E-state index is 0.631. The van der Waals surface area contributed by atoms with Gasteiger partial charge in [-0.15, -0.1) is 11.3 Å². The van der Waals surface area contributed by atoms with E-state index < -0.39 is 0 Å². The zero-order valence-electron chi connectivity index (χ0n) is 11.0. The summed E-state index contributed by atoms with van der Waals surface area (Å²) in [5, 5.41) is 5.50. The molecule has 21 heavy (non-hydrogen) atoms. The lowest BCUT2D eigenvalue weighted by molar-refractivity contribution is 0.701. The van der Waals surface area contributed by atoms with Gasteiger partial charge in [-0.05, 0) is 36.2 Å². The Morgan fingerprint density at radius 3 is 2.95 bits per heavy atom. The SMILES string of the molecule is Clc1cc(Sn2cc3c4c(cccc42)CNCC3)sc1Cl. The molecule has 1 aliphatic rings. The molecule has 0 aliphatic carbocycles. The summed E-state index contributed by atoms with van der Waals surface area (Å²) in [5.74, 6) is 0. The number of hydrogen-bond acceptors (Lipinski definition) is 3. The number of hydrogen-bond donors (Lipinski definition) is 1. The first-order valence-corrected chi connectivity index (χ1v) is 9.02. The van der Waals surface area contributed by atoms with Gasteiger partial charge in [-0.2, -0.15) is 0 Å². The van der Waals surface area contributed by atoms with Crippen LogP contribution in [-0.2, 0) is 13.0 Å². The largest absolute Gasteiger partial charge is 0.312 e. The molecule has 108 valence electrons. The second-order valence-corrected chi connectivity index (χ2v) is 8.33. The van der Waals surface area contributed by atoms with E-state index in [9.17, 15) is 0 Å². The smallest absolute Gasteiger partial charge is 0.113 e. The maximum atomic E-state index is 6.06. The molecule has 0 radical (unpaired) electrons. The molecule has 2 aromatic heterocycles. The predicted octanol–water partition coefficient (Wildman–Crippen LogP) is 5.21. The maximum Gasteiger partial charge on any atom is 0.113 e. The molecule has 0 unspecified atom stereocenters. The molecule has 1 aliphatic heterocycles. The lowest BCUT2D eigenvalue weighted by Crippen LogP contribution is -2.13. The van der Waals surface area contributed by atoms with Crippen molar-refractivity contribution in [2.24, 2.45) is 0 Å². The second-order valence-electron chi connectivity index (χ2n) is 5.00. The zero-order valence-corrected chi connectivity index (χ0v) is 14.2. The van der Waals surface area contributed by atoms with Crippen LogP contribution in [0.25, 0.3) is 10.9 Å². The third kappa shape index (κ3) is 2.49. The van der Waals surface area contributed by atoms with Crippen molar-refractivity contribution < 1.29 is 0 Å². The zero-order chi connectivity index (χ0) is 14.4. The van der Waals surface area contributed by atoms with Crippen LogP contribution in [0, 0.1) is 0 Å². The second kappa shape index (κ2) is 5.52. The summed E-state index contributed by atoms with van der Waals surface area (Å²) in [6, 6.07) is 8.44. The number of nitrogens with zero attached hydrogens (tertiary/aromatic N) is 1. The molecule has 1 N–H and O–H groups in total. The molecule has 3 heterocycles. The molecule has 0 atom stereocenters. The standard InChI is InChI=1S/C15H12Cl2N2S2/c16-11-6-13(20-15(11)17)21-19-8-10-4-5-18-7-9-2-1-3-12(19)14(9)10/h1-3,6,8,18H,4-5,7H2. The van der Waals surface area contributed by atoms with E-state index in [1.165, 1.54) is 33.4 Å². The Hall–Kier alpha value is -0.650. The molecule has 0 saturated heterocycles. The normalized spacial score (nSPS) is 14.6. The number of thiophene rings is 1. The van der Waals surface area contributed by atoms with Crippen LogP contribution < -0.4 is 5.32 Å². The first kappa shape index (κ1) is 14.0. The first-order valence-electron chi connectivity index (χ1n) is 6.68. The molecule has 3 aromatic rings. The van der Waals surface area contributed by atoms with E-state index in [1.807, 2.05) is 6.07 Å². The summed E-state index contributed by atoms with van der Waals surface area (Å²) in [7, 11) is 0. The Kier molecular flexibility index (Phi) is 3.67. The molecule has 4 rings (SSSR count). The van der Waals surface area contributed by atoms with Gasteiger partial charge in [0.2, 0.25) is 0 Å². The van der Waals surface area contributed by atoms with Crippen molar-refractivity contribution in [3.63, 3.8) is 0 Å². The summed E-state index contributed by atoms with van der Waals surface area (Å²) in [6.07, 6.45) is 3.31. The Balaban J connectivity index is 1.82. The van der Waals surface area contributed by atoms with Gasteiger partial charge in [0.1, 0.15) is 4.34 Å². The molecule has 6 heteroatoms. The monoisotopic (exact) mass is 354 g/mol. The van der Waals surface area contributed by atoms with Gasteiger partial charge in [-0.1, -0.05) is 35.3 Å². The molecule has 2 nitrogen and oxygen atoms in total. The van der Waals surface area contributed by atoms with E-state index in [-0.39, 0.29) is 0 Å². The molecule has 0 spiro atoms. The predicted molar refractivity (Wildman–Crippen MR) is 92.9 cm³/mol. The number of rotatable bonds is 2. The van der Waals surface area contributed by atoms with Crippen molar-refractivity contribution in [1.29, 1.82) is 0 Å². The number of aromatic nitrogens is 1. The van der Waals surface area contributed by atoms with Crippen LogP contribution >= 0.6 is 46.5 Å². The van der Waals surface area contributed by atoms with Crippen molar-refractivity contribution >= 4 is 57.4 Å². The molecule has 0 bridgehead atoms. The van der Waals surface area contributed by atoms with Gasteiger partial charge < -0.3 is 5.32 Å². The third-order valence-electron chi connectivity index (χ3n) is 3.66. The molecular formula is C15H12Cl2N2S2. The van der Waals surface area contributed by atoms with E-state index in [0.717, 1.165) is 23.7 Å². The molecular weight excluding hydrogens is 343 g/mol. The van der Waals surface area contributed by atoms with E-state index in [2.05, 4.69) is 33.7 Å². The summed E-state index contributed by atoms with van der Waals surface area (Å²) in [6.45, 7) is 1.96. The highest BCUT2D eigenvalue weighted by Gasteiger charge is 2.16. The average Bonchev–Trinajstić information content (AvgIpc) is 2.88. The van der Waals surface area contributed by atoms with Gasteiger partial charge in [-0.25, -0.2) is 0 Å². The maximum absolute atomic E-state index is 6.06. The summed E-state index contributed by atoms with van der Waals surface area (Å²) < 4.78 is 3.99. The minimum absolute atomic E-state index is 0.631. The topological polar surface area (TPSA) is 17.0 Å². The quantitative estimate of drug-likeness (QED) is 0.680. The molecule has 1 aromatic carbocycles. The van der Waals surface area contributed by atoms with Crippen molar-refractivity contribution in [1.82, 2.24) is 9.29 Å². The van der Waals surface area contributed by atoms with Crippen LogP contribution in [0.15, 0.2) is 34.7 Å². The lowest BCUT2D eigenvalue weighted by Gasteiger charge is -2.05. The fourth-order valence-electron chi connectivity index (χ4n) is 2.74. The number of halogens is 2. The fraction of sp³-hybridized carbons (Fsp3) is 0.200. The van der Waals surface area contributed by atoms with Crippen LogP contribution in [0.1, 0.15) is 11.1 Å². The van der Waals surface area contributed by atoms with E-state index in [4.69, 9.17) is 23.2 Å². The van der Waals surface area contributed by atoms with Gasteiger partial charge in [0, 0.05) is 30.1 Å². The van der Waals surface area contributed by atoms with Crippen molar-refractivity contribution in [2.75, 3.05) is 6.54 Å². The average molecular weight is 355 g/mol. The third-order valence-corrected chi connectivity index (χ3v) is 6.59. The van der Waals surface area contributed by atoms with Crippen LogP contribution in [0.2, 0.25) is 9.36 Å². The fourth-order valence-corrected chi connectivity index (χ4v) is 5.48. The van der Waals surface area contributed by atoms with Crippen LogP contribution in [0.4, 0.5) is 0 Å². The van der Waals surface area contributed by atoms with Crippen molar-refractivity contribution in [2.45, 2.75) is 17.2 Å².